The molecule has 1 aliphatic rings. The summed E-state index contributed by atoms with van der Waals surface area (Å²) in [6.07, 6.45) is 1.24. The highest BCUT2D eigenvalue weighted by molar-refractivity contribution is 5.61. The summed E-state index contributed by atoms with van der Waals surface area (Å²) in [4.78, 5) is 0. The number of fused-ring (bicyclic) bond motifs is 1. The third-order valence-corrected chi connectivity index (χ3v) is 2.38. The monoisotopic (exact) mass is 188 g/mol. The van der Waals surface area contributed by atoms with Gasteiger partial charge in [0, 0.05) is 0 Å². The molecule has 1 heterocycles. The molecule has 1 unspecified atom stereocenters. The normalized spacial score (nSPS) is 18.7. The van der Waals surface area contributed by atoms with Crippen molar-refractivity contribution in [2.45, 2.75) is 19.4 Å². The Bertz CT molecular complexity index is 381. The van der Waals surface area contributed by atoms with Crippen LogP contribution in [0.2, 0.25) is 0 Å². The van der Waals surface area contributed by atoms with Crippen LogP contribution in [0, 0.1) is 11.3 Å². The summed E-state index contributed by atoms with van der Waals surface area (Å²) in [5.41, 5.74) is 1.59. The summed E-state index contributed by atoms with van der Waals surface area (Å²) in [5.74, 6) is 0.849. The second-order valence-corrected chi connectivity index (χ2v) is 3.35. The first-order valence-corrected chi connectivity index (χ1v) is 4.78. The number of hydrogen-bond donors (Lipinski definition) is 1. The van der Waals surface area contributed by atoms with E-state index in [1.165, 1.54) is 0 Å². The molecule has 0 fully saturated rings. The van der Waals surface area contributed by atoms with Crippen LogP contribution in [-0.2, 0) is 0 Å². The number of nitrogens with zero attached hydrogens (tertiary/aromatic N) is 1. The van der Waals surface area contributed by atoms with E-state index >= 15 is 0 Å². The molecule has 0 saturated carbocycles. The molecule has 0 spiro atoms. The van der Waals surface area contributed by atoms with E-state index in [1.807, 2.05) is 12.1 Å². The zero-order chi connectivity index (χ0) is 9.97. The number of hydrogen-bond acceptors (Lipinski definition) is 3. The highest BCUT2D eigenvalue weighted by Gasteiger charge is 2.17. The van der Waals surface area contributed by atoms with Gasteiger partial charge in [-0.1, -0.05) is 6.92 Å². The van der Waals surface area contributed by atoms with Gasteiger partial charge in [-0.25, -0.2) is 0 Å². The third-order valence-electron chi connectivity index (χ3n) is 2.38. The van der Waals surface area contributed by atoms with Crippen molar-refractivity contribution >= 4 is 5.69 Å². The Labute approximate surface area is 83.3 Å². The van der Waals surface area contributed by atoms with Crippen molar-refractivity contribution in [1.82, 2.24) is 0 Å². The largest absolute Gasteiger partial charge is 0.486 e. The molecule has 1 aromatic carbocycles. The van der Waals surface area contributed by atoms with Crippen LogP contribution in [-0.4, -0.2) is 12.6 Å². The average molecular weight is 188 g/mol. The second-order valence-electron chi connectivity index (χ2n) is 3.35. The van der Waals surface area contributed by atoms with Gasteiger partial charge in [0.05, 0.1) is 23.9 Å². The molecular formula is C11H12N2O. The van der Waals surface area contributed by atoms with Crippen LogP contribution in [0.25, 0.3) is 0 Å². The van der Waals surface area contributed by atoms with Gasteiger partial charge in [0.2, 0.25) is 0 Å². The molecule has 0 bridgehead atoms. The first-order valence-electron chi connectivity index (χ1n) is 4.78. The minimum Gasteiger partial charge on any atom is -0.486 e. The quantitative estimate of drug-likeness (QED) is 0.734. The van der Waals surface area contributed by atoms with Crippen molar-refractivity contribution < 1.29 is 4.74 Å². The van der Waals surface area contributed by atoms with Gasteiger partial charge in [0.15, 0.2) is 0 Å². The van der Waals surface area contributed by atoms with Crippen LogP contribution in [0.1, 0.15) is 18.9 Å². The number of rotatable bonds is 1. The number of anilines is 1. The first kappa shape index (κ1) is 8.89. The SMILES string of the molecule is CCC1CNc2cc(C#N)ccc2O1. The van der Waals surface area contributed by atoms with Crippen LogP contribution in [0.4, 0.5) is 5.69 Å². The third kappa shape index (κ3) is 1.51. The Morgan fingerprint density at radius 2 is 2.50 bits per heavy atom. The van der Waals surface area contributed by atoms with Crippen molar-refractivity contribution in [2.75, 3.05) is 11.9 Å². The zero-order valence-corrected chi connectivity index (χ0v) is 8.08. The summed E-state index contributed by atoms with van der Waals surface area (Å²) in [6.45, 7) is 2.92. The van der Waals surface area contributed by atoms with Crippen molar-refractivity contribution in [3.8, 4) is 11.8 Å². The van der Waals surface area contributed by atoms with E-state index < -0.39 is 0 Å². The Kier molecular flexibility index (Phi) is 2.28. The minimum atomic E-state index is 0.246. The van der Waals surface area contributed by atoms with Crippen molar-refractivity contribution in [1.29, 1.82) is 5.26 Å². The standard InChI is InChI=1S/C11H12N2O/c1-2-9-7-13-10-5-8(6-12)3-4-11(10)14-9/h3-5,9,13H,2,7H2,1H3. The molecule has 0 amide bonds. The molecule has 14 heavy (non-hydrogen) atoms. The molecule has 1 aromatic rings. The lowest BCUT2D eigenvalue weighted by atomic mass is 10.1. The van der Waals surface area contributed by atoms with E-state index in [0.29, 0.717) is 5.56 Å². The first-order chi connectivity index (χ1) is 6.83. The van der Waals surface area contributed by atoms with Crippen LogP contribution < -0.4 is 10.1 Å². The van der Waals surface area contributed by atoms with Crippen molar-refractivity contribution in [3.63, 3.8) is 0 Å². The molecule has 0 saturated heterocycles. The van der Waals surface area contributed by atoms with Crippen molar-refractivity contribution in [3.05, 3.63) is 23.8 Å². The Balaban J connectivity index is 2.29. The molecule has 0 radical (unpaired) electrons. The van der Waals surface area contributed by atoms with Crippen LogP contribution in [0.15, 0.2) is 18.2 Å². The van der Waals surface area contributed by atoms with E-state index in [2.05, 4.69) is 18.3 Å². The van der Waals surface area contributed by atoms with E-state index in [-0.39, 0.29) is 6.10 Å². The molecule has 0 aromatic heterocycles. The van der Waals surface area contributed by atoms with E-state index in [4.69, 9.17) is 10.00 Å². The molecule has 0 aliphatic carbocycles. The summed E-state index contributed by atoms with van der Waals surface area (Å²) in [7, 11) is 0. The predicted molar refractivity (Wildman–Crippen MR) is 54.4 cm³/mol. The fourth-order valence-corrected chi connectivity index (χ4v) is 1.51. The fourth-order valence-electron chi connectivity index (χ4n) is 1.51. The minimum absolute atomic E-state index is 0.246. The fraction of sp³-hybridized carbons (Fsp3) is 0.364. The number of benzene rings is 1. The maximum absolute atomic E-state index is 8.72. The highest BCUT2D eigenvalue weighted by atomic mass is 16.5. The van der Waals surface area contributed by atoms with Gasteiger partial charge in [-0.2, -0.15) is 5.26 Å². The lowest BCUT2D eigenvalue weighted by Gasteiger charge is -2.26. The Morgan fingerprint density at radius 1 is 1.64 bits per heavy atom. The molecule has 1 atom stereocenters. The predicted octanol–water partition coefficient (Wildman–Crippen LogP) is 2.14. The zero-order valence-electron chi connectivity index (χ0n) is 8.08. The molecular weight excluding hydrogens is 176 g/mol. The Morgan fingerprint density at radius 3 is 3.21 bits per heavy atom. The topological polar surface area (TPSA) is 45.0 Å². The van der Waals surface area contributed by atoms with Gasteiger partial charge in [0.25, 0.3) is 0 Å². The van der Waals surface area contributed by atoms with Gasteiger partial charge < -0.3 is 10.1 Å². The molecule has 3 nitrogen and oxygen atoms in total. The lowest BCUT2D eigenvalue weighted by Crippen LogP contribution is -2.29. The van der Waals surface area contributed by atoms with Gasteiger partial charge in [0.1, 0.15) is 11.9 Å². The Hall–Kier alpha value is -1.69. The maximum atomic E-state index is 8.72. The molecule has 72 valence electrons. The van der Waals surface area contributed by atoms with Crippen molar-refractivity contribution in [2.24, 2.45) is 0 Å². The average Bonchev–Trinajstić information content (AvgIpc) is 2.27. The summed E-state index contributed by atoms with van der Waals surface area (Å²) >= 11 is 0. The maximum Gasteiger partial charge on any atom is 0.142 e. The van der Waals surface area contributed by atoms with E-state index in [0.717, 1.165) is 24.4 Å². The smallest absolute Gasteiger partial charge is 0.142 e. The molecule has 1 aliphatic heterocycles. The molecule has 2 rings (SSSR count). The van der Waals surface area contributed by atoms with E-state index in [9.17, 15) is 0 Å². The second kappa shape index (κ2) is 3.59. The summed E-state index contributed by atoms with van der Waals surface area (Å²) < 4.78 is 5.71. The van der Waals surface area contributed by atoms with Crippen LogP contribution >= 0.6 is 0 Å². The van der Waals surface area contributed by atoms with Gasteiger partial charge >= 0.3 is 0 Å². The molecule has 3 heteroatoms. The van der Waals surface area contributed by atoms with Gasteiger partial charge in [-0.05, 0) is 24.6 Å². The van der Waals surface area contributed by atoms with Crippen LogP contribution in [0.3, 0.4) is 0 Å². The number of nitrogens with one attached hydrogen (secondary N) is 1. The summed E-state index contributed by atoms with van der Waals surface area (Å²) in [6, 6.07) is 7.55. The van der Waals surface area contributed by atoms with E-state index in [1.54, 1.807) is 6.07 Å². The molecule has 1 N–H and O–H groups in total. The van der Waals surface area contributed by atoms with Gasteiger partial charge in [-0.15, -0.1) is 0 Å². The highest BCUT2D eigenvalue weighted by Crippen LogP contribution is 2.30. The van der Waals surface area contributed by atoms with Gasteiger partial charge in [-0.3, -0.25) is 0 Å². The summed E-state index contributed by atoms with van der Waals surface area (Å²) in [5, 5.41) is 12.0. The lowest BCUT2D eigenvalue weighted by molar-refractivity contribution is 0.202. The number of ether oxygens (including phenoxy) is 1. The van der Waals surface area contributed by atoms with Crippen LogP contribution in [0.5, 0.6) is 5.75 Å². The number of nitriles is 1.